The predicted octanol–water partition coefficient (Wildman–Crippen LogP) is 2.91. The summed E-state index contributed by atoms with van der Waals surface area (Å²) in [4.78, 5) is 28.6. The fourth-order valence-electron chi connectivity index (χ4n) is 1.78. The number of ether oxygens (including phenoxy) is 1. The van der Waals surface area contributed by atoms with Crippen LogP contribution in [0, 0.1) is 0 Å². The van der Waals surface area contributed by atoms with Gasteiger partial charge in [0.15, 0.2) is 5.78 Å². The van der Waals surface area contributed by atoms with Crippen molar-refractivity contribution in [1.29, 1.82) is 0 Å². The molecule has 0 unspecified atom stereocenters. The lowest BCUT2D eigenvalue weighted by atomic mass is 10.0. The Balaban J connectivity index is 2.40. The first-order valence-corrected chi connectivity index (χ1v) is 6.62. The molecule has 1 aromatic carbocycles. The second-order valence-electron chi connectivity index (χ2n) is 4.23. The van der Waals surface area contributed by atoms with Gasteiger partial charge in [0.25, 0.3) is 0 Å². The summed E-state index contributed by atoms with van der Waals surface area (Å²) in [5.74, 6) is -1.02. The molecule has 0 atom stereocenters. The summed E-state index contributed by atoms with van der Waals surface area (Å²) in [6, 6.07) is 13.9. The van der Waals surface area contributed by atoms with Crippen molar-refractivity contribution in [2.24, 2.45) is 0 Å². The lowest BCUT2D eigenvalue weighted by Crippen LogP contribution is -2.16. The number of hydrogen-bond donors (Lipinski definition) is 0. The van der Waals surface area contributed by atoms with Crippen molar-refractivity contribution in [3.05, 3.63) is 71.6 Å². The molecule has 21 heavy (non-hydrogen) atoms. The van der Waals surface area contributed by atoms with E-state index in [1.54, 1.807) is 55.6 Å². The minimum atomic E-state index is -0.642. The Morgan fingerprint density at radius 2 is 1.81 bits per heavy atom. The summed E-state index contributed by atoms with van der Waals surface area (Å²) < 4.78 is 4.96. The second kappa shape index (κ2) is 7.14. The zero-order chi connectivity index (χ0) is 15.1. The van der Waals surface area contributed by atoms with Crippen LogP contribution >= 0.6 is 0 Å². The zero-order valence-corrected chi connectivity index (χ0v) is 11.7. The van der Waals surface area contributed by atoms with Crippen LogP contribution in [0.2, 0.25) is 0 Å². The molecule has 0 aliphatic carbocycles. The average molecular weight is 281 g/mol. The number of rotatable bonds is 5. The summed E-state index contributed by atoms with van der Waals surface area (Å²) in [5, 5.41) is 0. The molecule has 0 saturated heterocycles. The van der Waals surface area contributed by atoms with E-state index in [9.17, 15) is 9.59 Å². The third-order valence-electron chi connectivity index (χ3n) is 2.76. The zero-order valence-electron chi connectivity index (χ0n) is 11.7. The lowest BCUT2D eigenvalue weighted by molar-refractivity contribution is -0.137. The molecule has 0 bridgehead atoms. The van der Waals surface area contributed by atoms with Gasteiger partial charge in [0.05, 0.1) is 12.3 Å². The fraction of sp³-hybridized carbons (Fsp3) is 0.118. The molecule has 0 aliphatic rings. The molecule has 106 valence electrons. The maximum Gasteiger partial charge on any atom is 0.342 e. The van der Waals surface area contributed by atoms with Crippen LogP contribution < -0.4 is 0 Å². The van der Waals surface area contributed by atoms with Crippen LogP contribution in [-0.4, -0.2) is 23.3 Å². The van der Waals surface area contributed by atoms with Crippen molar-refractivity contribution in [2.45, 2.75) is 6.92 Å². The Morgan fingerprint density at radius 3 is 2.43 bits per heavy atom. The van der Waals surface area contributed by atoms with Crippen molar-refractivity contribution < 1.29 is 14.3 Å². The SMILES string of the molecule is CCOC(=O)/C(=C\c1ccccn1)C(=O)c1ccccc1. The van der Waals surface area contributed by atoms with E-state index in [0.717, 1.165) is 0 Å². The van der Waals surface area contributed by atoms with E-state index < -0.39 is 5.97 Å². The van der Waals surface area contributed by atoms with E-state index in [2.05, 4.69) is 4.98 Å². The van der Waals surface area contributed by atoms with E-state index >= 15 is 0 Å². The summed E-state index contributed by atoms with van der Waals surface area (Å²) in [7, 11) is 0. The quantitative estimate of drug-likeness (QED) is 0.278. The monoisotopic (exact) mass is 281 g/mol. The van der Waals surface area contributed by atoms with Gasteiger partial charge in [-0.2, -0.15) is 0 Å². The molecule has 1 heterocycles. The van der Waals surface area contributed by atoms with Gasteiger partial charge < -0.3 is 4.74 Å². The van der Waals surface area contributed by atoms with Crippen LogP contribution in [0.3, 0.4) is 0 Å². The molecule has 0 fully saturated rings. The third kappa shape index (κ3) is 3.86. The van der Waals surface area contributed by atoms with Gasteiger partial charge in [-0.3, -0.25) is 9.78 Å². The van der Waals surface area contributed by atoms with E-state index in [1.165, 1.54) is 6.08 Å². The highest BCUT2D eigenvalue weighted by Gasteiger charge is 2.21. The van der Waals surface area contributed by atoms with E-state index in [4.69, 9.17) is 4.74 Å². The first-order chi connectivity index (χ1) is 10.2. The number of aromatic nitrogens is 1. The van der Waals surface area contributed by atoms with Crippen LogP contribution in [0.5, 0.6) is 0 Å². The highest BCUT2D eigenvalue weighted by atomic mass is 16.5. The number of pyridine rings is 1. The van der Waals surface area contributed by atoms with Gasteiger partial charge in [-0.05, 0) is 25.1 Å². The smallest absolute Gasteiger partial charge is 0.342 e. The lowest BCUT2D eigenvalue weighted by Gasteiger charge is -2.06. The maximum absolute atomic E-state index is 12.5. The summed E-state index contributed by atoms with van der Waals surface area (Å²) in [5.41, 5.74) is 0.944. The van der Waals surface area contributed by atoms with Crippen LogP contribution in [0.4, 0.5) is 0 Å². The van der Waals surface area contributed by atoms with Crippen LogP contribution in [0.25, 0.3) is 6.08 Å². The molecule has 0 saturated carbocycles. The number of carbonyl (C=O) groups excluding carboxylic acids is 2. The first-order valence-electron chi connectivity index (χ1n) is 6.62. The molecule has 0 radical (unpaired) electrons. The number of hydrogen-bond acceptors (Lipinski definition) is 4. The maximum atomic E-state index is 12.5. The van der Waals surface area contributed by atoms with Crippen LogP contribution in [-0.2, 0) is 9.53 Å². The van der Waals surface area contributed by atoms with E-state index in [-0.39, 0.29) is 18.0 Å². The standard InChI is InChI=1S/C17H15NO3/c1-2-21-17(20)15(12-14-10-6-7-11-18-14)16(19)13-8-4-3-5-9-13/h3-12H,2H2,1H3/b15-12-. The van der Waals surface area contributed by atoms with Gasteiger partial charge in [0, 0.05) is 11.8 Å². The second-order valence-corrected chi connectivity index (χ2v) is 4.23. The van der Waals surface area contributed by atoms with Gasteiger partial charge in [0.1, 0.15) is 5.57 Å². The van der Waals surface area contributed by atoms with Gasteiger partial charge >= 0.3 is 5.97 Å². The van der Waals surface area contributed by atoms with Gasteiger partial charge in [-0.1, -0.05) is 36.4 Å². The number of nitrogens with zero attached hydrogens (tertiary/aromatic N) is 1. The Hall–Kier alpha value is -2.75. The van der Waals surface area contributed by atoms with Crippen molar-refractivity contribution in [3.63, 3.8) is 0 Å². The van der Waals surface area contributed by atoms with Crippen molar-refractivity contribution in [2.75, 3.05) is 6.61 Å². The summed E-state index contributed by atoms with van der Waals surface area (Å²) in [6.07, 6.45) is 3.05. The number of Topliss-reactive ketones (excluding diaryl/α,β-unsaturated/α-hetero) is 1. The topological polar surface area (TPSA) is 56.3 Å². The van der Waals surface area contributed by atoms with E-state index in [1.807, 2.05) is 6.07 Å². The Labute approximate surface area is 123 Å². The summed E-state index contributed by atoms with van der Waals surface area (Å²) in [6.45, 7) is 1.91. The highest BCUT2D eigenvalue weighted by molar-refractivity contribution is 6.26. The molecule has 2 aromatic rings. The van der Waals surface area contributed by atoms with Crippen LogP contribution in [0.1, 0.15) is 23.0 Å². The molecule has 0 N–H and O–H groups in total. The predicted molar refractivity (Wildman–Crippen MR) is 79.6 cm³/mol. The van der Waals surface area contributed by atoms with Crippen molar-refractivity contribution in [1.82, 2.24) is 4.98 Å². The highest BCUT2D eigenvalue weighted by Crippen LogP contribution is 2.13. The number of esters is 1. The molecule has 1 aromatic heterocycles. The number of ketones is 1. The first kappa shape index (κ1) is 14.7. The molecule has 4 heteroatoms. The average Bonchev–Trinajstić information content (AvgIpc) is 2.54. The number of carbonyl (C=O) groups is 2. The van der Waals surface area contributed by atoms with Gasteiger partial charge in [-0.15, -0.1) is 0 Å². The minimum Gasteiger partial charge on any atom is -0.462 e. The molecule has 0 aliphatic heterocycles. The molecular formula is C17H15NO3. The molecule has 0 spiro atoms. The minimum absolute atomic E-state index is 0.0262. The van der Waals surface area contributed by atoms with E-state index in [0.29, 0.717) is 11.3 Å². The normalized spacial score (nSPS) is 11.0. The molecule has 2 rings (SSSR count). The Bertz CT molecular complexity index is 648. The summed E-state index contributed by atoms with van der Waals surface area (Å²) >= 11 is 0. The Morgan fingerprint density at radius 1 is 1.10 bits per heavy atom. The number of benzene rings is 1. The largest absolute Gasteiger partial charge is 0.462 e. The Kier molecular flexibility index (Phi) is 4.99. The van der Waals surface area contributed by atoms with Gasteiger partial charge in [0.2, 0.25) is 0 Å². The van der Waals surface area contributed by atoms with Crippen molar-refractivity contribution in [3.8, 4) is 0 Å². The molecule has 0 amide bonds. The molecule has 4 nitrogen and oxygen atoms in total. The van der Waals surface area contributed by atoms with Gasteiger partial charge in [-0.25, -0.2) is 4.79 Å². The van der Waals surface area contributed by atoms with Crippen LogP contribution in [0.15, 0.2) is 60.3 Å². The fourth-order valence-corrected chi connectivity index (χ4v) is 1.78. The van der Waals surface area contributed by atoms with Crippen molar-refractivity contribution >= 4 is 17.8 Å². The third-order valence-corrected chi connectivity index (χ3v) is 2.76. The molecular weight excluding hydrogens is 266 g/mol.